The summed E-state index contributed by atoms with van der Waals surface area (Å²) in [5.74, 6) is -2.12. The van der Waals surface area contributed by atoms with E-state index in [0.717, 1.165) is 50.4 Å². The maximum Gasteiger partial charge on any atom is 0.410 e. The summed E-state index contributed by atoms with van der Waals surface area (Å²) >= 11 is 35.2. The largest absolute Gasteiger partial charge is 0.444 e. The van der Waals surface area contributed by atoms with Gasteiger partial charge in [-0.2, -0.15) is 16.9 Å². The Balaban J connectivity index is 0.000000250. The van der Waals surface area contributed by atoms with Crippen LogP contribution in [0.25, 0.3) is 0 Å². The molecule has 0 spiro atoms. The standard InChI is InChI=1S/C12H15ClFN3O2S.C8H9ClFN3O2S2.C8H15NO2S.C7H7ClFN3S.C4HCl2FN2.CH3ClO2S/c1-12(2,3)19-11(18)17-5-7(6-17)20-9-8(14)4-15-10(13)16-9;1-17(14,15)13-3-5(4-13)16-7-6(10)2-11-8(9)12-7;1-8(2,3)11-7(10)9-4-6(12)5-9;8-7-11-3-5(9)6(12-7)13-4-1-10-2-4;5-3-2(7)1-8-4(6)9-3;1-5(2,3)4/h4,7H,5-6H2,1-3H3;2,5H,3-4H2,1H3;6,12H,4-5H2,1-3H3;3-4,10H,1-2H2;1H;1H3. The average Bonchev–Trinajstić information content (AvgIpc) is 3.21. The summed E-state index contributed by atoms with van der Waals surface area (Å²) in [6.45, 7) is 16.0. The number of carbonyl (C=O) groups excluding carboxylic acids is 2. The number of nitrogens with one attached hydrogen (secondary N) is 1. The van der Waals surface area contributed by atoms with Crippen molar-refractivity contribution in [2.45, 2.75) is 88.8 Å². The van der Waals surface area contributed by atoms with Crippen molar-refractivity contribution >= 4 is 148 Å². The van der Waals surface area contributed by atoms with Gasteiger partial charge in [0.05, 0.1) is 37.3 Å². The van der Waals surface area contributed by atoms with Gasteiger partial charge in [0.15, 0.2) is 28.4 Å². The second-order valence-corrected chi connectivity index (χ2v) is 29.1. The summed E-state index contributed by atoms with van der Waals surface area (Å²) in [6.07, 6.45) is 5.56. The van der Waals surface area contributed by atoms with E-state index in [0.29, 0.717) is 54.8 Å². The first kappa shape index (κ1) is 67.8. The van der Waals surface area contributed by atoms with Crippen LogP contribution in [-0.4, -0.2) is 180 Å². The Morgan fingerprint density at radius 3 is 1.20 bits per heavy atom. The summed E-state index contributed by atoms with van der Waals surface area (Å²) < 4.78 is 105. The van der Waals surface area contributed by atoms with E-state index in [1.807, 2.05) is 41.5 Å². The van der Waals surface area contributed by atoms with Gasteiger partial charge >= 0.3 is 12.2 Å². The number of amides is 2. The van der Waals surface area contributed by atoms with E-state index in [4.69, 9.17) is 67.5 Å². The minimum Gasteiger partial charge on any atom is -0.444 e. The molecule has 36 heteroatoms. The van der Waals surface area contributed by atoms with Crippen molar-refractivity contribution in [2.75, 3.05) is 64.9 Å². The summed E-state index contributed by atoms with van der Waals surface area (Å²) in [6, 6.07) is 0. The van der Waals surface area contributed by atoms with Crippen LogP contribution < -0.4 is 5.32 Å². The molecule has 0 saturated carbocycles. The van der Waals surface area contributed by atoms with E-state index >= 15 is 0 Å². The fraction of sp³-hybridized carbons (Fsp3) is 0.550. The van der Waals surface area contributed by atoms with Crippen LogP contribution in [0.1, 0.15) is 41.5 Å². The molecule has 2 amide bonds. The monoisotopic (exact) mass is 1300 g/mol. The molecule has 20 nitrogen and oxygen atoms in total. The highest BCUT2D eigenvalue weighted by Gasteiger charge is 2.36. The number of hydrogen-bond donors (Lipinski definition) is 2. The molecule has 4 fully saturated rings. The quantitative estimate of drug-likeness (QED) is 0.0576. The van der Waals surface area contributed by atoms with E-state index in [1.165, 1.54) is 39.6 Å². The molecule has 1 N–H and O–H groups in total. The molecule has 4 aliphatic rings. The van der Waals surface area contributed by atoms with Crippen LogP contribution in [0.3, 0.4) is 0 Å². The molecule has 76 heavy (non-hydrogen) atoms. The molecular weight excluding hydrogens is 1260 g/mol. The Hall–Kier alpha value is -2.46. The van der Waals surface area contributed by atoms with Crippen LogP contribution in [0.2, 0.25) is 26.3 Å². The van der Waals surface area contributed by atoms with Crippen LogP contribution in [-0.2, 0) is 28.5 Å². The SMILES string of the molecule is CC(C)(C)OC(=O)N1CC(S)C1.CC(C)(C)OC(=O)N1CC(Sc2nc(Cl)ncc2F)C1.CS(=O)(=O)Cl.CS(=O)(=O)N1CC(Sc2nc(Cl)ncc2F)C1.Fc1cnc(Cl)nc1Cl.Fc1cnc(Cl)nc1SC1CNC1. The summed E-state index contributed by atoms with van der Waals surface area (Å²) in [4.78, 5) is 54.9. The number of likely N-dealkylation sites (tertiary alicyclic amines) is 2. The van der Waals surface area contributed by atoms with E-state index in [-0.39, 0.29) is 59.0 Å². The minimum atomic E-state index is -3.19. The van der Waals surface area contributed by atoms with Crippen molar-refractivity contribution in [3.63, 3.8) is 0 Å². The van der Waals surface area contributed by atoms with Crippen molar-refractivity contribution in [1.29, 1.82) is 0 Å². The lowest BCUT2D eigenvalue weighted by atomic mass is 10.2. The van der Waals surface area contributed by atoms with Crippen molar-refractivity contribution in [2.24, 2.45) is 0 Å². The first-order chi connectivity index (χ1) is 34.9. The van der Waals surface area contributed by atoms with Gasteiger partial charge in [0.25, 0.3) is 0 Å². The fourth-order valence-corrected chi connectivity index (χ4v) is 10.7. The van der Waals surface area contributed by atoms with Crippen molar-refractivity contribution < 1.29 is 53.5 Å². The van der Waals surface area contributed by atoms with Gasteiger partial charge in [0.1, 0.15) is 26.3 Å². The van der Waals surface area contributed by atoms with Crippen molar-refractivity contribution in [3.05, 3.63) is 74.3 Å². The highest BCUT2D eigenvalue weighted by Crippen LogP contribution is 2.33. The number of thioether (sulfide) groups is 3. The van der Waals surface area contributed by atoms with E-state index in [2.05, 4.69) is 68.5 Å². The third-order valence-electron chi connectivity index (χ3n) is 8.60. The van der Waals surface area contributed by atoms with Gasteiger partial charge < -0.3 is 24.6 Å². The maximum absolute atomic E-state index is 13.5. The Morgan fingerprint density at radius 2 is 0.908 bits per heavy atom. The van der Waals surface area contributed by atoms with Crippen LogP contribution in [0.15, 0.2) is 39.9 Å². The number of thiol groups is 1. The Kier molecular flexibility index (Phi) is 27.1. The molecule has 0 radical (unpaired) electrons. The zero-order valence-corrected chi connectivity index (χ0v) is 50.7. The van der Waals surface area contributed by atoms with Crippen LogP contribution in [0.5, 0.6) is 0 Å². The van der Waals surface area contributed by atoms with E-state index in [9.17, 15) is 44.0 Å². The van der Waals surface area contributed by atoms with E-state index < -0.39 is 53.5 Å². The predicted molar refractivity (Wildman–Crippen MR) is 290 cm³/mol. The number of ether oxygens (including phenoxy) is 2. The molecule has 4 aliphatic heterocycles. The Labute approximate surface area is 484 Å². The average molecular weight is 1310 g/mol. The van der Waals surface area contributed by atoms with Crippen LogP contribution in [0.4, 0.5) is 27.2 Å². The molecule has 4 saturated heterocycles. The second-order valence-electron chi connectivity index (χ2n) is 17.7. The Morgan fingerprint density at radius 1 is 0.592 bits per heavy atom. The molecule has 4 aromatic rings. The molecule has 0 aliphatic carbocycles. The molecule has 0 bridgehead atoms. The molecule has 424 valence electrons. The maximum atomic E-state index is 13.5. The molecule has 8 rings (SSSR count). The lowest BCUT2D eigenvalue weighted by Gasteiger charge is -2.39. The van der Waals surface area contributed by atoms with Gasteiger partial charge in [-0.15, -0.1) is 0 Å². The molecular formula is C40H50Cl6F4N12O8S6. The summed E-state index contributed by atoms with van der Waals surface area (Å²) in [5, 5.41) is 4.40. The summed E-state index contributed by atoms with van der Waals surface area (Å²) in [5.41, 5.74) is -0.902. The lowest BCUT2D eigenvalue weighted by Crippen LogP contribution is -2.53. The number of rotatable bonds is 7. The molecule has 4 aromatic heterocycles. The molecule has 0 atom stereocenters. The smallest absolute Gasteiger partial charge is 0.410 e. The highest BCUT2D eigenvalue weighted by molar-refractivity contribution is 8.13. The number of nitrogens with zero attached hydrogens (tertiary/aromatic N) is 11. The number of carbonyl (C=O) groups is 2. The normalized spacial score (nSPS) is 16.0. The summed E-state index contributed by atoms with van der Waals surface area (Å²) in [7, 11) is -1.83. The zero-order valence-electron chi connectivity index (χ0n) is 41.2. The topological polar surface area (TPSA) is 246 Å². The van der Waals surface area contributed by atoms with Gasteiger partial charge in [-0.3, -0.25) is 0 Å². The number of sulfonamides is 1. The highest BCUT2D eigenvalue weighted by atomic mass is 35.7. The number of hydrogen-bond acceptors (Lipinski definition) is 21. The Bertz CT molecular complexity index is 2820. The van der Waals surface area contributed by atoms with Gasteiger partial charge in [-0.25, -0.2) is 83.9 Å². The third kappa shape index (κ3) is 26.7. The van der Waals surface area contributed by atoms with Gasteiger partial charge in [0, 0.05) is 84.0 Å². The first-order valence-corrected chi connectivity index (χ1v) is 31.1. The molecule has 0 aromatic carbocycles. The van der Waals surface area contributed by atoms with Gasteiger partial charge in [-0.05, 0) is 87.9 Å². The van der Waals surface area contributed by atoms with Gasteiger partial charge in [0.2, 0.25) is 40.2 Å². The van der Waals surface area contributed by atoms with Gasteiger partial charge in [-0.1, -0.05) is 46.9 Å². The van der Waals surface area contributed by atoms with Crippen LogP contribution in [0, 0.1) is 23.3 Å². The van der Waals surface area contributed by atoms with Crippen molar-refractivity contribution in [1.82, 2.24) is 59.3 Å². The molecule has 0 unspecified atom stereocenters. The lowest BCUT2D eigenvalue weighted by molar-refractivity contribution is 0.0134. The zero-order chi connectivity index (χ0) is 57.5. The minimum absolute atomic E-state index is 0.00481. The first-order valence-electron chi connectivity index (χ1n) is 21.5. The predicted octanol–water partition coefficient (Wildman–Crippen LogP) is 8.96. The van der Waals surface area contributed by atoms with Crippen LogP contribution >= 0.6 is 117 Å². The second kappa shape index (κ2) is 30.4. The van der Waals surface area contributed by atoms with Crippen molar-refractivity contribution in [3.8, 4) is 0 Å². The number of halogens is 10. The fourth-order valence-electron chi connectivity index (χ4n) is 5.05. The van der Waals surface area contributed by atoms with E-state index in [1.54, 1.807) is 9.80 Å². The molecule has 8 heterocycles. The number of aromatic nitrogens is 8. The third-order valence-corrected chi connectivity index (χ3v) is 14.6.